The number of carbonyl (C=O) groups excluding carboxylic acids is 1. The number of imidazole rings is 1. The number of aromatic nitrogens is 3. The van der Waals surface area contributed by atoms with Crippen molar-refractivity contribution in [1.29, 1.82) is 0 Å². The number of carbonyl (C=O) groups is 1. The van der Waals surface area contributed by atoms with E-state index in [1.807, 2.05) is 0 Å². The van der Waals surface area contributed by atoms with Crippen LogP contribution in [0.4, 0.5) is 4.39 Å². The first kappa shape index (κ1) is 16.7. The molecule has 0 unspecified atom stereocenters. The van der Waals surface area contributed by atoms with Crippen LogP contribution < -0.4 is 0 Å². The second-order valence-corrected chi connectivity index (χ2v) is 6.44. The molecule has 1 N–H and O–H groups in total. The fraction of sp³-hybridized carbons (Fsp3) is 0.389. The number of rotatable bonds is 4. The van der Waals surface area contributed by atoms with Crippen LogP contribution in [0.15, 0.2) is 22.7 Å². The minimum Gasteiger partial charge on any atom is -0.380 e. The first-order valence-corrected chi connectivity index (χ1v) is 8.48. The van der Waals surface area contributed by atoms with Gasteiger partial charge >= 0.3 is 0 Å². The third kappa shape index (κ3) is 2.76. The summed E-state index contributed by atoms with van der Waals surface area (Å²) in [4.78, 5) is 22.5. The number of hydrogen-bond acceptors (Lipinski definition) is 5. The molecule has 0 bridgehead atoms. The number of hydrogen-bond donors (Lipinski definition) is 1. The van der Waals surface area contributed by atoms with Crippen LogP contribution in [0.3, 0.4) is 0 Å². The van der Waals surface area contributed by atoms with Crippen molar-refractivity contribution < 1.29 is 18.4 Å². The maximum atomic E-state index is 13.4. The highest BCUT2D eigenvalue weighted by Crippen LogP contribution is 2.33. The number of amides is 1. The molecule has 4 rings (SSSR count). The molecule has 0 spiro atoms. The van der Waals surface area contributed by atoms with Crippen molar-refractivity contribution >= 4 is 16.9 Å². The molecule has 1 aliphatic heterocycles. The van der Waals surface area contributed by atoms with Gasteiger partial charge in [-0.3, -0.25) is 4.79 Å². The van der Waals surface area contributed by atoms with Gasteiger partial charge in [-0.25, -0.2) is 9.37 Å². The molecule has 7 nitrogen and oxygen atoms in total. The van der Waals surface area contributed by atoms with Crippen LogP contribution in [0.5, 0.6) is 0 Å². The molecule has 1 amide bonds. The van der Waals surface area contributed by atoms with E-state index in [2.05, 4.69) is 15.1 Å². The molecule has 0 radical (unpaired) electrons. The molecule has 3 aromatic rings. The summed E-state index contributed by atoms with van der Waals surface area (Å²) in [6.07, 6.45) is 1.64. The number of methoxy groups -OCH3 is 1. The maximum absolute atomic E-state index is 13.4. The minimum absolute atomic E-state index is 0.203. The highest BCUT2D eigenvalue weighted by Gasteiger charge is 2.35. The van der Waals surface area contributed by atoms with Crippen molar-refractivity contribution in [1.82, 2.24) is 20.0 Å². The van der Waals surface area contributed by atoms with Crippen molar-refractivity contribution in [2.75, 3.05) is 13.7 Å². The van der Waals surface area contributed by atoms with Crippen LogP contribution in [0.1, 0.15) is 46.5 Å². The summed E-state index contributed by atoms with van der Waals surface area (Å²) in [5.41, 5.74) is 2.24. The van der Waals surface area contributed by atoms with Gasteiger partial charge in [0.05, 0.1) is 29.2 Å². The van der Waals surface area contributed by atoms with E-state index in [1.54, 1.807) is 25.0 Å². The van der Waals surface area contributed by atoms with Crippen molar-refractivity contribution in [3.63, 3.8) is 0 Å². The first-order chi connectivity index (χ1) is 12.6. The van der Waals surface area contributed by atoms with Crippen molar-refractivity contribution in [3.8, 4) is 0 Å². The Hall–Kier alpha value is -2.74. The van der Waals surface area contributed by atoms with E-state index in [0.717, 1.165) is 12.8 Å². The summed E-state index contributed by atoms with van der Waals surface area (Å²) in [7, 11) is 1.56. The zero-order chi connectivity index (χ0) is 18.3. The lowest BCUT2D eigenvalue weighted by Gasteiger charge is -2.22. The zero-order valence-corrected chi connectivity index (χ0v) is 14.6. The third-order valence-electron chi connectivity index (χ3n) is 4.77. The van der Waals surface area contributed by atoms with E-state index in [-0.39, 0.29) is 30.1 Å². The van der Waals surface area contributed by atoms with Crippen LogP contribution in [-0.4, -0.2) is 39.6 Å². The van der Waals surface area contributed by atoms with Gasteiger partial charge < -0.3 is 19.1 Å². The average molecular weight is 358 g/mol. The molecule has 3 heterocycles. The van der Waals surface area contributed by atoms with E-state index in [4.69, 9.17) is 9.26 Å². The van der Waals surface area contributed by atoms with Crippen LogP contribution in [-0.2, 0) is 11.3 Å². The number of H-pyrrole nitrogens is 1. The number of ether oxygens (including phenoxy) is 1. The molecule has 2 aromatic heterocycles. The van der Waals surface area contributed by atoms with E-state index < -0.39 is 0 Å². The van der Waals surface area contributed by atoms with Gasteiger partial charge in [0.15, 0.2) is 5.69 Å². The molecule has 0 aliphatic carbocycles. The molecule has 8 heteroatoms. The molecule has 0 saturated carbocycles. The SMILES string of the molecule is COCc1c(C(=O)N2CCC[C@@H]2c2nc3ccc(F)cc3[nH]2)noc1C. The van der Waals surface area contributed by atoms with Crippen LogP contribution >= 0.6 is 0 Å². The Balaban J connectivity index is 1.66. The monoisotopic (exact) mass is 358 g/mol. The molecular weight excluding hydrogens is 339 g/mol. The van der Waals surface area contributed by atoms with Crippen LogP contribution in [0.2, 0.25) is 0 Å². The average Bonchev–Trinajstić information content (AvgIpc) is 3.33. The number of aryl methyl sites for hydroxylation is 1. The van der Waals surface area contributed by atoms with E-state index in [1.165, 1.54) is 12.1 Å². The maximum Gasteiger partial charge on any atom is 0.277 e. The summed E-state index contributed by atoms with van der Waals surface area (Å²) in [6, 6.07) is 4.21. The summed E-state index contributed by atoms with van der Waals surface area (Å²) < 4.78 is 23.8. The third-order valence-corrected chi connectivity index (χ3v) is 4.77. The standard InChI is InChI=1S/C18H19FN4O3/c1-10-12(9-25-2)16(22-26-10)18(24)23-7-3-4-15(23)17-20-13-6-5-11(19)8-14(13)21-17/h5-6,8,15H,3-4,7,9H2,1-2H3,(H,20,21)/t15-/m1/s1. The number of aromatic amines is 1. The molecule has 26 heavy (non-hydrogen) atoms. The number of benzene rings is 1. The van der Waals surface area contributed by atoms with Gasteiger partial charge in [-0.05, 0) is 38.0 Å². The van der Waals surface area contributed by atoms with E-state index in [0.29, 0.717) is 34.7 Å². The lowest BCUT2D eigenvalue weighted by atomic mass is 10.1. The summed E-state index contributed by atoms with van der Waals surface area (Å²) in [5, 5.41) is 3.93. The van der Waals surface area contributed by atoms with Crippen LogP contribution in [0.25, 0.3) is 11.0 Å². The van der Waals surface area contributed by atoms with Crippen molar-refractivity contribution in [3.05, 3.63) is 46.9 Å². The largest absolute Gasteiger partial charge is 0.380 e. The molecule has 1 atom stereocenters. The molecule has 1 aromatic carbocycles. The summed E-state index contributed by atoms with van der Waals surface area (Å²) >= 11 is 0. The molecule has 136 valence electrons. The Morgan fingerprint density at radius 3 is 3.15 bits per heavy atom. The molecule has 1 saturated heterocycles. The quantitative estimate of drug-likeness (QED) is 0.775. The van der Waals surface area contributed by atoms with Crippen molar-refractivity contribution in [2.24, 2.45) is 0 Å². The predicted molar refractivity (Wildman–Crippen MR) is 91.0 cm³/mol. The lowest BCUT2D eigenvalue weighted by Crippen LogP contribution is -2.32. The van der Waals surface area contributed by atoms with E-state index >= 15 is 0 Å². The molecule has 1 fully saturated rings. The Labute approximate surface area is 149 Å². The Kier molecular flexibility index (Phi) is 4.20. The van der Waals surface area contributed by atoms with Gasteiger partial charge in [-0.1, -0.05) is 5.16 Å². The van der Waals surface area contributed by atoms with Crippen molar-refractivity contribution in [2.45, 2.75) is 32.4 Å². The van der Waals surface area contributed by atoms with E-state index in [9.17, 15) is 9.18 Å². The second kappa shape index (κ2) is 6.53. The number of likely N-dealkylation sites (tertiary alicyclic amines) is 1. The smallest absolute Gasteiger partial charge is 0.277 e. The Morgan fingerprint density at radius 2 is 2.35 bits per heavy atom. The van der Waals surface area contributed by atoms with Gasteiger partial charge in [0.2, 0.25) is 0 Å². The highest BCUT2D eigenvalue weighted by atomic mass is 19.1. The normalized spacial score (nSPS) is 17.3. The minimum atomic E-state index is -0.325. The topological polar surface area (TPSA) is 84.2 Å². The zero-order valence-electron chi connectivity index (χ0n) is 14.6. The fourth-order valence-corrected chi connectivity index (χ4v) is 3.46. The van der Waals surface area contributed by atoms with Gasteiger partial charge in [-0.15, -0.1) is 0 Å². The lowest BCUT2D eigenvalue weighted by molar-refractivity contribution is 0.0715. The van der Waals surface area contributed by atoms with Gasteiger partial charge in [0.1, 0.15) is 17.4 Å². The Morgan fingerprint density at radius 1 is 1.50 bits per heavy atom. The molecule has 1 aliphatic rings. The van der Waals surface area contributed by atoms with Gasteiger partial charge in [0, 0.05) is 13.7 Å². The number of fused-ring (bicyclic) bond motifs is 1. The number of halogens is 1. The summed E-state index contributed by atoms with van der Waals surface area (Å²) in [6.45, 7) is 2.62. The fourth-order valence-electron chi connectivity index (χ4n) is 3.46. The predicted octanol–water partition coefficient (Wildman–Crippen LogP) is 3.12. The Bertz CT molecular complexity index is 965. The first-order valence-electron chi connectivity index (χ1n) is 8.48. The second-order valence-electron chi connectivity index (χ2n) is 6.44. The van der Waals surface area contributed by atoms with Gasteiger partial charge in [-0.2, -0.15) is 0 Å². The molecular formula is C18H19FN4O3. The number of nitrogens with one attached hydrogen (secondary N) is 1. The number of nitrogens with zero attached hydrogens (tertiary/aromatic N) is 3. The van der Waals surface area contributed by atoms with Gasteiger partial charge in [0.25, 0.3) is 5.91 Å². The van der Waals surface area contributed by atoms with Crippen LogP contribution in [0, 0.1) is 12.7 Å². The highest BCUT2D eigenvalue weighted by molar-refractivity contribution is 5.94. The summed E-state index contributed by atoms with van der Waals surface area (Å²) in [5.74, 6) is 0.701.